The van der Waals surface area contributed by atoms with Gasteiger partial charge in [0, 0.05) is 6.42 Å². The van der Waals surface area contributed by atoms with Gasteiger partial charge in [-0.15, -0.1) is 0 Å². The number of nitriles is 1. The Hall–Kier alpha value is -1.82. The van der Waals surface area contributed by atoms with Crippen LogP contribution < -0.4 is 0 Å². The van der Waals surface area contributed by atoms with Crippen LogP contribution in [0.4, 0.5) is 0 Å². The zero-order valence-electron chi connectivity index (χ0n) is 10.4. The van der Waals surface area contributed by atoms with E-state index in [0.29, 0.717) is 25.0 Å². The van der Waals surface area contributed by atoms with Gasteiger partial charge in [-0.2, -0.15) is 5.26 Å². The summed E-state index contributed by atoms with van der Waals surface area (Å²) in [5, 5.41) is 8.39. The van der Waals surface area contributed by atoms with Crippen LogP contribution in [0.2, 0.25) is 0 Å². The van der Waals surface area contributed by atoms with Crippen molar-refractivity contribution in [1.82, 2.24) is 0 Å². The highest BCUT2D eigenvalue weighted by atomic mass is 16.5. The molecule has 0 amide bonds. The van der Waals surface area contributed by atoms with E-state index in [2.05, 4.69) is 0 Å². The first-order valence-electron chi connectivity index (χ1n) is 6.47. The maximum Gasteiger partial charge on any atom is 0.338 e. The van der Waals surface area contributed by atoms with Crippen LogP contribution in [0, 0.1) is 11.3 Å². The zero-order valence-corrected chi connectivity index (χ0v) is 10.4. The SMILES string of the molecule is N#CCCCOC(=O)c1ccc2c(c1)CCCC2. The second-order valence-electron chi connectivity index (χ2n) is 4.59. The lowest BCUT2D eigenvalue weighted by atomic mass is 9.90. The molecule has 1 aromatic rings. The van der Waals surface area contributed by atoms with E-state index in [1.165, 1.54) is 24.0 Å². The molecule has 3 heteroatoms. The summed E-state index contributed by atoms with van der Waals surface area (Å²) in [6.07, 6.45) is 5.65. The summed E-state index contributed by atoms with van der Waals surface area (Å²) >= 11 is 0. The minimum atomic E-state index is -0.277. The molecule has 1 aliphatic rings. The molecular formula is C15H17NO2. The standard InChI is InChI=1S/C15H17NO2/c16-9-3-4-10-18-15(17)14-8-7-12-5-1-2-6-13(12)11-14/h7-8,11H,1-6,10H2. The summed E-state index contributed by atoms with van der Waals surface area (Å²) in [5.74, 6) is -0.277. The van der Waals surface area contributed by atoms with E-state index in [0.717, 1.165) is 12.8 Å². The van der Waals surface area contributed by atoms with Gasteiger partial charge in [-0.05, 0) is 55.4 Å². The summed E-state index contributed by atoms with van der Waals surface area (Å²) < 4.78 is 5.13. The molecule has 0 N–H and O–H groups in total. The van der Waals surface area contributed by atoms with Crippen molar-refractivity contribution in [1.29, 1.82) is 5.26 Å². The van der Waals surface area contributed by atoms with Gasteiger partial charge in [0.25, 0.3) is 0 Å². The summed E-state index contributed by atoms with van der Waals surface area (Å²) in [4.78, 5) is 11.8. The molecule has 0 aromatic heterocycles. The highest BCUT2D eigenvalue weighted by Gasteiger charge is 2.13. The van der Waals surface area contributed by atoms with Gasteiger partial charge in [0.15, 0.2) is 0 Å². The summed E-state index contributed by atoms with van der Waals surface area (Å²) in [6.45, 7) is 0.323. The molecule has 2 rings (SSSR count). The fraction of sp³-hybridized carbons (Fsp3) is 0.467. The van der Waals surface area contributed by atoms with Crippen LogP contribution in [0.25, 0.3) is 0 Å². The van der Waals surface area contributed by atoms with Crippen LogP contribution in [-0.2, 0) is 17.6 Å². The third-order valence-electron chi connectivity index (χ3n) is 3.25. The van der Waals surface area contributed by atoms with Crippen LogP contribution in [0.5, 0.6) is 0 Å². The maximum absolute atomic E-state index is 11.8. The first-order valence-corrected chi connectivity index (χ1v) is 6.47. The molecule has 0 atom stereocenters. The fourth-order valence-electron chi connectivity index (χ4n) is 2.26. The normalized spacial score (nSPS) is 13.5. The van der Waals surface area contributed by atoms with Crippen molar-refractivity contribution in [2.45, 2.75) is 38.5 Å². The van der Waals surface area contributed by atoms with Crippen molar-refractivity contribution in [2.75, 3.05) is 6.61 Å². The maximum atomic E-state index is 11.8. The monoisotopic (exact) mass is 243 g/mol. The number of unbranched alkanes of at least 4 members (excludes halogenated alkanes) is 1. The highest BCUT2D eigenvalue weighted by Crippen LogP contribution is 2.22. The van der Waals surface area contributed by atoms with E-state index in [1.807, 2.05) is 24.3 Å². The Morgan fingerprint density at radius 2 is 2.06 bits per heavy atom. The first kappa shape index (κ1) is 12.6. The van der Waals surface area contributed by atoms with E-state index < -0.39 is 0 Å². The van der Waals surface area contributed by atoms with Crippen molar-refractivity contribution < 1.29 is 9.53 Å². The molecule has 0 bridgehead atoms. The molecule has 0 unspecified atom stereocenters. The number of carbonyl (C=O) groups is 1. The summed E-state index contributed by atoms with van der Waals surface area (Å²) in [6, 6.07) is 7.88. The Bertz CT molecular complexity index is 474. The number of carbonyl (C=O) groups excluding carboxylic acids is 1. The van der Waals surface area contributed by atoms with Gasteiger partial charge in [-0.3, -0.25) is 0 Å². The second-order valence-corrected chi connectivity index (χ2v) is 4.59. The molecule has 0 aliphatic heterocycles. The number of hydrogen-bond donors (Lipinski definition) is 0. The number of benzene rings is 1. The van der Waals surface area contributed by atoms with Crippen LogP contribution in [0.3, 0.4) is 0 Å². The molecule has 0 saturated heterocycles. The van der Waals surface area contributed by atoms with Crippen molar-refractivity contribution in [2.24, 2.45) is 0 Å². The predicted molar refractivity (Wildman–Crippen MR) is 68.2 cm³/mol. The lowest BCUT2D eigenvalue weighted by Crippen LogP contribution is -2.09. The molecule has 0 saturated carbocycles. The van der Waals surface area contributed by atoms with Crippen LogP contribution in [-0.4, -0.2) is 12.6 Å². The van der Waals surface area contributed by atoms with E-state index in [1.54, 1.807) is 0 Å². The van der Waals surface area contributed by atoms with Gasteiger partial charge in [-0.1, -0.05) is 6.07 Å². The zero-order chi connectivity index (χ0) is 12.8. The van der Waals surface area contributed by atoms with Gasteiger partial charge in [0.2, 0.25) is 0 Å². The molecule has 94 valence electrons. The topological polar surface area (TPSA) is 50.1 Å². The van der Waals surface area contributed by atoms with Crippen LogP contribution in [0.15, 0.2) is 18.2 Å². The van der Waals surface area contributed by atoms with Crippen LogP contribution >= 0.6 is 0 Å². The molecule has 3 nitrogen and oxygen atoms in total. The smallest absolute Gasteiger partial charge is 0.338 e. The van der Waals surface area contributed by atoms with Crippen LogP contribution in [0.1, 0.15) is 47.2 Å². The molecule has 0 spiro atoms. The Labute approximate surface area is 107 Å². The number of rotatable bonds is 4. The van der Waals surface area contributed by atoms with Crippen molar-refractivity contribution in [3.8, 4) is 6.07 Å². The Balaban J connectivity index is 1.96. The molecule has 1 aliphatic carbocycles. The average molecular weight is 243 g/mol. The largest absolute Gasteiger partial charge is 0.462 e. The van der Waals surface area contributed by atoms with Crippen molar-refractivity contribution in [3.05, 3.63) is 34.9 Å². The average Bonchev–Trinajstić information content (AvgIpc) is 2.43. The van der Waals surface area contributed by atoms with Gasteiger partial charge in [0.1, 0.15) is 0 Å². The second kappa shape index (κ2) is 6.20. The predicted octanol–water partition coefficient (Wildman–Crippen LogP) is 3.03. The molecular weight excluding hydrogens is 226 g/mol. The number of nitrogens with zero attached hydrogens (tertiary/aromatic N) is 1. The molecule has 18 heavy (non-hydrogen) atoms. The van der Waals surface area contributed by atoms with Gasteiger partial charge < -0.3 is 4.74 Å². The molecule has 0 fully saturated rings. The Morgan fingerprint density at radius 1 is 1.28 bits per heavy atom. The number of ether oxygens (including phenoxy) is 1. The number of esters is 1. The van der Waals surface area contributed by atoms with Gasteiger partial charge in [-0.25, -0.2) is 4.79 Å². The third kappa shape index (κ3) is 3.10. The highest BCUT2D eigenvalue weighted by molar-refractivity contribution is 5.89. The van der Waals surface area contributed by atoms with E-state index in [-0.39, 0.29) is 5.97 Å². The van der Waals surface area contributed by atoms with Crippen molar-refractivity contribution in [3.63, 3.8) is 0 Å². The van der Waals surface area contributed by atoms with Crippen molar-refractivity contribution >= 4 is 5.97 Å². The Morgan fingerprint density at radius 3 is 2.83 bits per heavy atom. The van der Waals surface area contributed by atoms with E-state index >= 15 is 0 Å². The molecule has 1 aromatic carbocycles. The minimum Gasteiger partial charge on any atom is -0.462 e. The molecule has 0 heterocycles. The van der Waals surface area contributed by atoms with E-state index in [4.69, 9.17) is 10.00 Å². The number of fused-ring (bicyclic) bond motifs is 1. The first-order chi connectivity index (χ1) is 8.81. The quantitative estimate of drug-likeness (QED) is 0.603. The molecule has 0 radical (unpaired) electrons. The lowest BCUT2D eigenvalue weighted by Gasteiger charge is -2.16. The van der Waals surface area contributed by atoms with Gasteiger partial charge in [0.05, 0.1) is 18.2 Å². The minimum absolute atomic E-state index is 0.277. The Kier molecular flexibility index (Phi) is 4.35. The lowest BCUT2D eigenvalue weighted by molar-refractivity contribution is 0.0501. The van der Waals surface area contributed by atoms with Gasteiger partial charge >= 0.3 is 5.97 Å². The third-order valence-corrected chi connectivity index (χ3v) is 3.25. The summed E-state index contributed by atoms with van der Waals surface area (Å²) in [7, 11) is 0. The summed E-state index contributed by atoms with van der Waals surface area (Å²) in [5.41, 5.74) is 3.28. The number of hydrogen-bond acceptors (Lipinski definition) is 3. The van der Waals surface area contributed by atoms with E-state index in [9.17, 15) is 4.79 Å². The number of aryl methyl sites for hydroxylation is 2. The fourth-order valence-corrected chi connectivity index (χ4v) is 2.26.